The molecule has 0 fully saturated rings. The van der Waals surface area contributed by atoms with Crippen molar-refractivity contribution in [3.05, 3.63) is 121 Å². The summed E-state index contributed by atoms with van der Waals surface area (Å²) in [6, 6.07) is 22.4. The maximum atomic E-state index is 14.2. The van der Waals surface area contributed by atoms with E-state index in [-0.39, 0.29) is 18.1 Å². The molecule has 0 saturated carbocycles. The van der Waals surface area contributed by atoms with Gasteiger partial charge >= 0.3 is 6.16 Å². The van der Waals surface area contributed by atoms with E-state index in [0.29, 0.717) is 23.0 Å². The summed E-state index contributed by atoms with van der Waals surface area (Å²) in [5.74, 6) is -0.412. The van der Waals surface area contributed by atoms with Gasteiger partial charge in [0.05, 0.1) is 23.2 Å². The molecule has 49 heavy (non-hydrogen) atoms. The van der Waals surface area contributed by atoms with Crippen LogP contribution in [0.25, 0.3) is 33.2 Å². The van der Waals surface area contributed by atoms with Gasteiger partial charge in [-0.2, -0.15) is 0 Å². The Kier molecular flexibility index (Phi) is 11.4. The van der Waals surface area contributed by atoms with Crippen molar-refractivity contribution in [1.82, 2.24) is 19.9 Å². The van der Waals surface area contributed by atoms with Crippen LogP contribution in [0.1, 0.15) is 5.69 Å². The van der Waals surface area contributed by atoms with Crippen LogP contribution in [-0.2, 0) is 16.1 Å². The molecular weight excluding hydrogens is 689 g/mol. The minimum absolute atomic E-state index is 0.0247. The Balaban J connectivity index is 1.10. The molecule has 0 aliphatic carbocycles. The van der Waals surface area contributed by atoms with Crippen LogP contribution in [0, 0.1) is 11.6 Å². The summed E-state index contributed by atoms with van der Waals surface area (Å²) in [6.07, 6.45) is 6.12. The lowest BCUT2D eigenvalue weighted by molar-refractivity contribution is 0.0534. The molecule has 1 N–H and O–H groups in total. The highest BCUT2D eigenvalue weighted by Crippen LogP contribution is 2.35. The quantitative estimate of drug-likeness (QED) is 0.0533. The number of aromatic nitrogens is 4. The molecule has 9 nitrogen and oxygen atoms in total. The van der Waals surface area contributed by atoms with Crippen LogP contribution in [0.5, 0.6) is 5.88 Å². The van der Waals surface area contributed by atoms with E-state index in [9.17, 15) is 13.6 Å². The normalized spacial score (nSPS) is 10.9. The van der Waals surface area contributed by atoms with Gasteiger partial charge in [0, 0.05) is 53.1 Å². The highest BCUT2D eigenvalue weighted by molar-refractivity contribution is 8.76. The molecule has 0 spiro atoms. The van der Waals surface area contributed by atoms with Crippen LogP contribution >= 0.6 is 33.5 Å². The molecule has 6 aromatic rings. The number of benzene rings is 2. The number of nitrogens with zero attached hydrogens (tertiary/aromatic N) is 4. The Morgan fingerprint density at radius 2 is 1.71 bits per heavy atom. The van der Waals surface area contributed by atoms with Gasteiger partial charge in [-0.3, -0.25) is 9.97 Å². The number of halogens is 2. The van der Waals surface area contributed by atoms with E-state index < -0.39 is 17.8 Å². The standard InChI is InChI=1S/C35H27F2N5O4S3/c1-44-34-31(42-48-32-10-7-25(36)18-29(32)37)17-24(20-41-34)22-6-9-30-28(16-22)27(11-13-38-30)23-5-8-26(40-19-23)21-46-35(43)45-14-15-47-49-33-4-2-3-12-39-33/h2-13,16-20,42H,14-15,21H2,1H3. The van der Waals surface area contributed by atoms with Crippen molar-refractivity contribution in [2.75, 3.05) is 24.2 Å². The van der Waals surface area contributed by atoms with Gasteiger partial charge in [0.1, 0.15) is 35.6 Å². The summed E-state index contributed by atoms with van der Waals surface area (Å²) in [5, 5.41) is 1.78. The van der Waals surface area contributed by atoms with Gasteiger partial charge < -0.3 is 18.9 Å². The number of carbonyl (C=O) groups is 1. The maximum absolute atomic E-state index is 14.2. The molecule has 0 amide bonds. The second-order valence-electron chi connectivity index (χ2n) is 10.1. The van der Waals surface area contributed by atoms with Crippen molar-refractivity contribution in [2.45, 2.75) is 16.5 Å². The smallest absolute Gasteiger partial charge is 0.480 e. The third-order valence-corrected chi connectivity index (χ3v) is 10.0. The van der Waals surface area contributed by atoms with Gasteiger partial charge in [0.2, 0.25) is 5.88 Å². The second-order valence-corrected chi connectivity index (χ2v) is 13.4. The minimum atomic E-state index is -0.755. The molecular formula is C35H27F2N5O4S3. The molecule has 0 bridgehead atoms. The van der Waals surface area contributed by atoms with Crippen molar-refractivity contribution in [3.63, 3.8) is 0 Å². The molecule has 0 atom stereocenters. The number of methoxy groups -OCH3 is 1. The Morgan fingerprint density at radius 3 is 2.51 bits per heavy atom. The number of fused-ring (bicyclic) bond motifs is 1. The molecule has 14 heteroatoms. The Morgan fingerprint density at radius 1 is 0.837 bits per heavy atom. The zero-order valence-electron chi connectivity index (χ0n) is 25.8. The summed E-state index contributed by atoms with van der Waals surface area (Å²) in [7, 11) is 4.55. The summed E-state index contributed by atoms with van der Waals surface area (Å²) < 4.78 is 46.4. The van der Waals surface area contributed by atoms with Gasteiger partial charge in [-0.15, -0.1) is 0 Å². The average molecular weight is 716 g/mol. The molecule has 0 saturated heterocycles. The monoisotopic (exact) mass is 715 g/mol. The third-order valence-electron chi connectivity index (χ3n) is 6.93. The van der Waals surface area contributed by atoms with Crippen LogP contribution in [0.4, 0.5) is 19.3 Å². The Hall–Kier alpha value is -4.92. The van der Waals surface area contributed by atoms with E-state index in [2.05, 4.69) is 24.7 Å². The first kappa shape index (κ1) is 34.0. The van der Waals surface area contributed by atoms with Crippen molar-refractivity contribution < 1.29 is 27.8 Å². The molecule has 6 rings (SSSR count). The van der Waals surface area contributed by atoms with Crippen LogP contribution < -0.4 is 9.46 Å². The van der Waals surface area contributed by atoms with Crippen molar-refractivity contribution in [1.29, 1.82) is 0 Å². The Labute approximate surface area is 292 Å². The van der Waals surface area contributed by atoms with E-state index in [1.54, 1.807) is 30.9 Å². The molecule has 2 aromatic carbocycles. The van der Waals surface area contributed by atoms with Gasteiger partial charge in [-0.25, -0.2) is 23.5 Å². The van der Waals surface area contributed by atoms with E-state index in [1.807, 2.05) is 54.6 Å². The number of hydrogen-bond acceptors (Lipinski definition) is 12. The van der Waals surface area contributed by atoms with E-state index in [1.165, 1.54) is 40.8 Å². The predicted octanol–water partition coefficient (Wildman–Crippen LogP) is 9.25. The molecule has 0 aliphatic heterocycles. The number of nitrogens with one attached hydrogen (secondary N) is 1. The molecule has 0 aliphatic rings. The second kappa shape index (κ2) is 16.5. The highest BCUT2D eigenvalue weighted by Gasteiger charge is 2.13. The molecule has 0 radical (unpaired) electrons. The van der Waals surface area contributed by atoms with Crippen LogP contribution in [-0.4, -0.2) is 45.6 Å². The number of rotatable bonds is 13. The zero-order chi connectivity index (χ0) is 34.0. The Bertz CT molecular complexity index is 2060. The SMILES string of the molecule is COc1ncc(-c2ccc3nccc(-c4ccc(COC(=O)OCCSSc5ccccn5)nc4)c3c2)cc1NSc1ccc(F)cc1F. The zero-order valence-corrected chi connectivity index (χ0v) is 28.3. The van der Waals surface area contributed by atoms with Gasteiger partial charge in [-0.1, -0.05) is 29.0 Å². The molecule has 248 valence electrons. The van der Waals surface area contributed by atoms with Crippen LogP contribution in [0.3, 0.4) is 0 Å². The third kappa shape index (κ3) is 8.96. The van der Waals surface area contributed by atoms with Gasteiger partial charge in [0.15, 0.2) is 0 Å². The number of pyridine rings is 4. The fourth-order valence-corrected chi connectivity index (χ4v) is 6.96. The molecule has 0 unspecified atom stereocenters. The van der Waals surface area contributed by atoms with E-state index in [4.69, 9.17) is 14.2 Å². The first-order valence-electron chi connectivity index (χ1n) is 14.7. The number of hydrogen-bond donors (Lipinski definition) is 1. The van der Waals surface area contributed by atoms with E-state index >= 15 is 0 Å². The van der Waals surface area contributed by atoms with Crippen molar-refractivity contribution >= 4 is 56.3 Å². The van der Waals surface area contributed by atoms with Crippen molar-refractivity contribution in [2.24, 2.45) is 0 Å². The average Bonchev–Trinajstić information content (AvgIpc) is 3.13. The largest absolute Gasteiger partial charge is 0.508 e. The highest BCUT2D eigenvalue weighted by atomic mass is 33.1. The lowest BCUT2D eigenvalue weighted by atomic mass is 9.98. The van der Waals surface area contributed by atoms with Gasteiger partial charge in [0.25, 0.3) is 0 Å². The summed E-state index contributed by atoms with van der Waals surface area (Å²) in [5.41, 5.74) is 5.29. The van der Waals surface area contributed by atoms with Crippen molar-refractivity contribution in [3.8, 4) is 28.1 Å². The minimum Gasteiger partial charge on any atom is -0.480 e. The molecule has 4 heterocycles. The fraction of sp³-hybridized carbons (Fsp3) is 0.114. The molecule has 4 aromatic heterocycles. The van der Waals surface area contributed by atoms with Crippen LogP contribution in [0.15, 0.2) is 114 Å². The summed E-state index contributed by atoms with van der Waals surface area (Å²) >= 11 is 0.988. The number of ether oxygens (including phenoxy) is 3. The summed E-state index contributed by atoms with van der Waals surface area (Å²) in [4.78, 5) is 30.0. The fourth-order valence-electron chi connectivity index (χ4n) is 4.59. The lowest BCUT2D eigenvalue weighted by Gasteiger charge is -2.13. The predicted molar refractivity (Wildman–Crippen MR) is 189 cm³/mol. The number of carbonyl (C=O) groups excluding carboxylic acids is 1. The lowest BCUT2D eigenvalue weighted by Crippen LogP contribution is -2.10. The summed E-state index contributed by atoms with van der Waals surface area (Å²) in [6.45, 7) is 0.190. The maximum Gasteiger partial charge on any atom is 0.508 e. The first-order chi connectivity index (χ1) is 24.0. The van der Waals surface area contributed by atoms with Crippen LogP contribution in [0.2, 0.25) is 0 Å². The van der Waals surface area contributed by atoms with Gasteiger partial charge in [-0.05, 0) is 88.5 Å². The number of anilines is 1. The van der Waals surface area contributed by atoms with E-state index in [0.717, 1.165) is 56.2 Å². The topological polar surface area (TPSA) is 108 Å². The first-order valence-corrected chi connectivity index (χ1v) is 17.9.